The summed E-state index contributed by atoms with van der Waals surface area (Å²) in [5.74, 6) is 2.00. The van der Waals surface area contributed by atoms with Crippen LogP contribution in [0, 0.1) is 0 Å². The van der Waals surface area contributed by atoms with E-state index in [4.69, 9.17) is 9.47 Å². The molecule has 6 nitrogen and oxygen atoms in total. The second-order valence-electron chi connectivity index (χ2n) is 8.80. The summed E-state index contributed by atoms with van der Waals surface area (Å²) in [6.07, 6.45) is 0. The standard InChI is InChI=1S/C32H34N2O4/c1-33-19-21-37-29-15-7-25(8-16-29)31(23-3-11-27(35)12-4-23)32(24-5-13-28(36)14-6-24)26-9-17-30(18-10-26)38-22-20-34-2/h3-18,33-36H,19-22H2,1-2H3/b32-31+. The maximum atomic E-state index is 9.99. The molecular formula is C32H34N2O4. The molecule has 0 saturated heterocycles. The molecule has 4 aromatic rings. The van der Waals surface area contributed by atoms with Gasteiger partial charge in [-0.25, -0.2) is 0 Å². The third-order valence-electron chi connectivity index (χ3n) is 6.09. The first kappa shape index (κ1) is 26.8. The van der Waals surface area contributed by atoms with E-state index in [0.717, 1.165) is 58.0 Å². The van der Waals surface area contributed by atoms with E-state index in [1.807, 2.05) is 86.9 Å². The van der Waals surface area contributed by atoms with Crippen LogP contribution in [0.2, 0.25) is 0 Å². The Labute approximate surface area is 224 Å². The van der Waals surface area contributed by atoms with Crippen LogP contribution in [-0.4, -0.2) is 50.6 Å². The van der Waals surface area contributed by atoms with E-state index in [0.29, 0.717) is 13.2 Å². The zero-order valence-corrected chi connectivity index (χ0v) is 21.8. The van der Waals surface area contributed by atoms with Gasteiger partial charge in [0.25, 0.3) is 0 Å². The van der Waals surface area contributed by atoms with Gasteiger partial charge in [-0.15, -0.1) is 0 Å². The first-order chi connectivity index (χ1) is 18.6. The topological polar surface area (TPSA) is 83.0 Å². The van der Waals surface area contributed by atoms with Crippen molar-refractivity contribution < 1.29 is 19.7 Å². The highest BCUT2D eigenvalue weighted by Crippen LogP contribution is 2.38. The Balaban J connectivity index is 1.86. The Morgan fingerprint density at radius 1 is 0.500 bits per heavy atom. The summed E-state index contributed by atoms with van der Waals surface area (Å²) in [4.78, 5) is 0. The van der Waals surface area contributed by atoms with Crippen molar-refractivity contribution in [3.05, 3.63) is 119 Å². The molecule has 0 unspecified atom stereocenters. The minimum Gasteiger partial charge on any atom is -0.508 e. The summed E-state index contributed by atoms with van der Waals surface area (Å²) >= 11 is 0. The molecule has 196 valence electrons. The second-order valence-corrected chi connectivity index (χ2v) is 8.80. The Bertz CT molecular complexity index is 1210. The monoisotopic (exact) mass is 510 g/mol. The van der Waals surface area contributed by atoms with Gasteiger partial charge in [0.2, 0.25) is 0 Å². The number of rotatable bonds is 12. The van der Waals surface area contributed by atoms with E-state index in [1.165, 1.54) is 0 Å². The molecule has 0 aliphatic heterocycles. The number of phenolic OH excluding ortho intramolecular Hbond substituents is 2. The zero-order valence-electron chi connectivity index (χ0n) is 21.8. The molecular weight excluding hydrogens is 476 g/mol. The number of nitrogens with one attached hydrogen (secondary N) is 2. The predicted octanol–water partition coefficient (Wildman–Crippen LogP) is 5.30. The Morgan fingerprint density at radius 2 is 0.789 bits per heavy atom. The third-order valence-corrected chi connectivity index (χ3v) is 6.09. The van der Waals surface area contributed by atoms with Crippen LogP contribution in [0.4, 0.5) is 0 Å². The minimum atomic E-state index is 0.204. The second kappa shape index (κ2) is 13.3. The number of hydrogen-bond acceptors (Lipinski definition) is 6. The van der Waals surface area contributed by atoms with Gasteiger partial charge in [-0.3, -0.25) is 0 Å². The number of ether oxygens (including phenoxy) is 2. The fourth-order valence-corrected chi connectivity index (χ4v) is 4.14. The Morgan fingerprint density at radius 3 is 1.08 bits per heavy atom. The van der Waals surface area contributed by atoms with Crippen molar-refractivity contribution in [1.82, 2.24) is 10.6 Å². The number of hydrogen-bond donors (Lipinski definition) is 4. The summed E-state index contributed by atoms with van der Waals surface area (Å²) in [5, 5.41) is 26.1. The van der Waals surface area contributed by atoms with Crippen LogP contribution in [-0.2, 0) is 0 Å². The van der Waals surface area contributed by atoms with Gasteiger partial charge in [-0.2, -0.15) is 0 Å². The summed E-state index contributed by atoms with van der Waals surface area (Å²) in [6.45, 7) is 2.69. The molecule has 0 aromatic heterocycles. The van der Waals surface area contributed by atoms with Gasteiger partial charge in [0.15, 0.2) is 0 Å². The molecule has 0 atom stereocenters. The fourth-order valence-electron chi connectivity index (χ4n) is 4.14. The quantitative estimate of drug-likeness (QED) is 0.153. The lowest BCUT2D eigenvalue weighted by Crippen LogP contribution is -2.15. The van der Waals surface area contributed by atoms with E-state index in [-0.39, 0.29) is 11.5 Å². The van der Waals surface area contributed by atoms with Crippen LogP contribution in [0.15, 0.2) is 97.1 Å². The Kier molecular flexibility index (Phi) is 9.40. The normalized spacial score (nSPS) is 11.6. The summed E-state index contributed by atoms with van der Waals surface area (Å²) in [6, 6.07) is 30.5. The van der Waals surface area contributed by atoms with Crippen LogP contribution in [0.25, 0.3) is 11.1 Å². The summed E-state index contributed by atoms with van der Waals surface area (Å²) in [7, 11) is 3.79. The van der Waals surface area contributed by atoms with Crippen molar-refractivity contribution in [2.24, 2.45) is 0 Å². The van der Waals surface area contributed by atoms with Gasteiger partial charge in [0, 0.05) is 13.1 Å². The zero-order chi connectivity index (χ0) is 26.7. The van der Waals surface area contributed by atoms with E-state index in [2.05, 4.69) is 10.6 Å². The molecule has 38 heavy (non-hydrogen) atoms. The van der Waals surface area contributed by atoms with Gasteiger partial charge >= 0.3 is 0 Å². The third kappa shape index (κ3) is 6.94. The van der Waals surface area contributed by atoms with Crippen LogP contribution < -0.4 is 20.1 Å². The van der Waals surface area contributed by atoms with Crippen molar-refractivity contribution in [3.8, 4) is 23.0 Å². The van der Waals surface area contributed by atoms with Crippen LogP contribution >= 0.6 is 0 Å². The van der Waals surface area contributed by atoms with E-state index in [1.54, 1.807) is 24.3 Å². The molecule has 6 heteroatoms. The summed E-state index contributed by atoms with van der Waals surface area (Å²) < 4.78 is 11.7. The van der Waals surface area contributed by atoms with Crippen LogP contribution in [0.5, 0.6) is 23.0 Å². The molecule has 0 aliphatic rings. The van der Waals surface area contributed by atoms with Gasteiger partial charge in [-0.05, 0) is 96.0 Å². The highest BCUT2D eigenvalue weighted by Gasteiger charge is 2.17. The Hall–Kier alpha value is -4.26. The van der Waals surface area contributed by atoms with E-state index < -0.39 is 0 Å². The first-order valence-corrected chi connectivity index (χ1v) is 12.7. The van der Waals surface area contributed by atoms with Crippen molar-refractivity contribution in [2.45, 2.75) is 0 Å². The first-order valence-electron chi connectivity index (χ1n) is 12.7. The van der Waals surface area contributed by atoms with Crippen LogP contribution in [0.1, 0.15) is 22.3 Å². The smallest absolute Gasteiger partial charge is 0.119 e. The highest BCUT2D eigenvalue weighted by atomic mass is 16.5. The highest BCUT2D eigenvalue weighted by molar-refractivity contribution is 6.04. The molecule has 4 rings (SSSR count). The average Bonchev–Trinajstić information content (AvgIpc) is 2.94. The number of likely N-dealkylation sites (N-methyl/N-ethyl adjacent to an activating group) is 2. The lowest BCUT2D eigenvalue weighted by atomic mass is 9.85. The largest absolute Gasteiger partial charge is 0.508 e. The minimum absolute atomic E-state index is 0.204. The van der Waals surface area contributed by atoms with E-state index >= 15 is 0 Å². The molecule has 4 aromatic carbocycles. The van der Waals surface area contributed by atoms with Gasteiger partial charge in [-0.1, -0.05) is 48.5 Å². The van der Waals surface area contributed by atoms with Crippen molar-refractivity contribution in [3.63, 3.8) is 0 Å². The molecule has 0 fully saturated rings. The lowest BCUT2D eigenvalue weighted by molar-refractivity contribution is 0.318. The van der Waals surface area contributed by atoms with Gasteiger partial charge in [0.05, 0.1) is 0 Å². The molecule has 0 amide bonds. The maximum Gasteiger partial charge on any atom is 0.119 e. The molecule has 0 bridgehead atoms. The molecule has 0 heterocycles. The van der Waals surface area contributed by atoms with E-state index in [9.17, 15) is 10.2 Å². The molecule has 0 radical (unpaired) electrons. The predicted molar refractivity (Wildman–Crippen MR) is 153 cm³/mol. The van der Waals surface area contributed by atoms with Crippen molar-refractivity contribution >= 4 is 11.1 Å². The van der Waals surface area contributed by atoms with Crippen LogP contribution in [0.3, 0.4) is 0 Å². The maximum absolute atomic E-state index is 9.99. The van der Waals surface area contributed by atoms with Gasteiger partial charge in [0.1, 0.15) is 36.2 Å². The molecule has 0 aliphatic carbocycles. The number of aromatic hydroxyl groups is 2. The fraction of sp³-hybridized carbons (Fsp3) is 0.188. The molecule has 0 saturated carbocycles. The SMILES string of the molecule is CNCCOc1ccc(/C(=C(\c2ccc(O)cc2)c2ccc(OCCNC)cc2)c2ccc(O)cc2)cc1. The van der Waals surface area contributed by atoms with Gasteiger partial charge < -0.3 is 30.3 Å². The summed E-state index contributed by atoms with van der Waals surface area (Å²) in [5.41, 5.74) is 5.86. The molecule has 4 N–H and O–H groups in total. The lowest BCUT2D eigenvalue weighted by Gasteiger charge is -2.19. The van der Waals surface area contributed by atoms with Crippen molar-refractivity contribution in [2.75, 3.05) is 40.4 Å². The number of benzene rings is 4. The molecule has 0 spiro atoms. The average molecular weight is 511 g/mol. The van der Waals surface area contributed by atoms with Crippen molar-refractivity contribution in [1.29, 1.82) is 0 Å². The number of phenols is 2.